The monoisotopic (exact) mass is 619 g/mol. The first kappa shape index (κ1) is 28.3. The minimum Gasteiger partial charge on any atom is -0.490 e. The zero-order valence-electron chi connectivity index (χ0n) is 20.8. The van der Waals surface area contributed by atoms with E-state index in [1.54, 1.807) is 31.2 Å². The van der Waals surface area contributed by atoms with E-state index in [9.17, 15) is 25.0 Å². The highest BCUT2D eigenvalue weighted by Gasteiger charge is 2.21. The smallest absolute Gasteiger partial charge is 0.344 e. The number of nitro groups is 1. The lowest BCUT2D eigenvalue weighted by Gasteiger charge is -2.14. The molecule has 0 aliphatic heterocycles. The van der Waals surface area contributed by atoms with Crippen molar-refractivity contribution in [2.75, 3.05) is 11.9 Å². The number of halogens is 2. The molecule has 0 saturated heterocycles. The average Bonchev–Trinajstić information content (AvgIpc) is 2.94. The van der Waals surface area contributed by atoms with Crippen molar-refractivity contribution in [3.8, 4) is 17.6 Å². The standard InChI is InChI=1S/C29H19BrClN3O6/c1-2-39-26-14-17(12-19(16-32)28(35)33-24-11-10-20(31)15-25(24)34(37)38)13-23(30)27(26)40-29(36)22-9-5-7-18-6-3-4-8-21(18)22/h3-15H,2H2,1H3,(H,33,35)/b19-12-. The summed E-state index contributed by atoms with van der Waals surface area (Å²) in [5.74, 6) is -1.14. The van der Waals surface area contributed by atoms with Gasteiger partial charge in [-0.2, -0.15) is 5.26 Å². The normalized spacial score (nSPS) is 11.0. The predicted molar refractivity (Wildman–Crippen MR) is 155 cm³/mol. The van der Waals surface area contributed by atoms with Gasteiger partial charge in [0.2, 0.25) is 0 Å². The molecule has 4 aromatic rings. The third-order valence-corrected chi connectivity index (χ3v) is 6.44. The van der Waals surface area contributed by atoms with E-state index in [1.807, 2.05) is 30.3 Å². The lowest BCUT2D eigenvalue weighted by Crippen LogP contribution is -2.14. The highest BCUT2D eigenvalue weighted by atomic mass is 79.9. The number of hydrogen-bond acceptors (Lipinski definition) is 7. The van der Waals surface area contributed by atoms with Gasteiger partial charge in [-0.15, -0.1) is 0 Å². The van der Waals surface area contributed by atoms with E-state index >= 15 is 0 Å². The van der Waals surface area contributed by atoms with Gasteiger partial charge in [-0.05, 0) is 75.6 Å². The summed E-state index contributed by atoms with van der Waals surface area (Å²) in [5, 5.41) is 25.1. The quantitative estimate of drug-likeness (QED) is 0.0545. The fourth-order valence-corrected chi connectivity index (χ4v) is 4.56. The summed E-state index contributed by atoms with van der Waals surface area (Å²) < 4.78 is 11.8. The van der Waals surface area contributed by atoms with Crippen LogP contribution in [0.2, 0.25) is 5.02 Å². The van der Waals surface area contributed by atoms with Crippen LogP contribution in [0.4, 0.5) is 11.4 Å². The van der Waals surface area contributed by atoms with Crippen LogP contribution in [-0.4, -0.2) is 23.4 Å². The number of amides is 1. The molecule has 0 radical (unpaired) electrons. The van der Waals surface area contributed by atoms with Gasteiger partial charge < -0.3 is 14.8 Å². The van der Waals surface area contributed by atoms with Crippen LogP contribution in [0.5, 0.6) is 11.5 Å². The Kier molecular flexibility index (Phi) is 8.79. The van der Waals surface area contributed by atoms with Crippen LogP contribution >= 0.6 is 27.5 Å². The number of nitrogens with one attached hydrogen (secondary N) is 1. The minimum absolute atomic E-state index is 0.118. The number of nitrogens with zero attached hydrogens (tertiary/aromatic N) is 2. The number of nitriles is 1. The number of benzene rings is 4. The summed E-state index contributed by atoms with van der Waals surface area (Å²) in [4.78, 5) is 36.6. The molecule has 0 heterocycles. The van der Waals surface area contributed by atoms with Crippen molar-refractivity contribution in [1.82, 2.24) is 0 Å². The van der Waals surface area contributed by atoms with Gasteiger partial charge in [0, 0.05) is 11.1 Å². The number of carbonyl (C=O) groups excluding carboxylic acids is 2. The maximum absolute atomic E-state index is 13.1. The van der Waals surface area contributed by atoms with Gasteiger partial charge in [0.25, 0.3) is 11.6 Å². The molecule has 0 aliphatic rings. The van der Waals surface area contributed by atoms with Crippen LogP contribution in [0.3, 0.4) is 0 Å². The molecular weight excluding hydrogens is 602 g/mol. The molecule has 0 unspecified atom stereocenters. The summed E-state index contributed by atoms with van der Waals surface area (Å²) >= 11 is 9.22. The Morgan fingerprint density at radius 2 is 1.88 bits per heavy atom. The number of fused-ring (bicyclic) bond motifs is 1. The van der Waals surface area contributed by atoms with Crippen LogP contribution in [-0.2, 0) is 4.79 Å². The molecular formula is C29H19BrClN3O6. The lowest BCUT2D eigenvalue weighted by molar-refractivity contribution is -0.383. The summed E-state index contributed by atoms with van der Waals surface area (Å²) in [6, 6.07) is 21.3. The van der Waals surface area contributed by atoms with Gasteiger partial charge in [0.1, 0.15) is 17.3 Å². The molecule has 9 nitrogen and oxygen atoms in total. The zero-order valence-corrected chi connectivity index (χ0v) is 23.2. The van der Waals surface area contributed by atoms with Crippen molar-refractivity contribution in [3.63, 3.8) is 0 Å². The molecule has 0 bridgehead atoms. The molecule has 0 atom stereocenters. The Hall–Kier alpha value is -4.72. The molecule has 200 valence electrons. The maximum atomic E-state index is 13.1. The molecule has 0 spiro atoms. The molecule has 1 N–H and O–H groups in total. The SMILES string of the molecule is CCOc1cc(/C=C(/C#N)C(=O)Nc2ccc(Cl)cc2[N+](=O)[O-])cc(Br)c1OC(=O)c1cccc2ccccc12. The second-order valence-electron chi connectivity index (χ2n) is 8.22. The van der Waals surface area contributed by atoms with Crippen molar-refractivity contribution >= 4 is 67.6 Å². The van der Waals surface area contributed by atoms with Gasteiger partial charge in [0.15, 0.2) is 11.5 Å². The minimum atomic E-state index is -0.867. The molecule has 1 amide bonds. The fourth-order valence-electron chi connectivity index (χ4n) is 3.85. The third-order valence-electron chi connectivity index (χ3n) is 5.62. The number of nitro benzene ring substituents is 1. The van der Waals surface area contributed by atoms with Crippen molar-refractivity contribution in [2.24, 2.45) is 0 Å². The number of hydrogen-bond donors (Lipinski definition) is 1. The first-order valence-corrected chi connectivity index (χ1v) is 12.9. The molecule has 0 aliphatic carbocycles. The topological polar surface area (TPSA) is 132 Å². The predicted octanol–water partition coefficient (Wildman–Crippen LogP) is 7.33. The van der Waals surface area contributed by atoms with Gasteiger partial charge in [-0.3, -0.25) is 14.9 Å². The van der Waals surface area contributed by atoms with Crippen LogP contribution in [0, 0.1) is 21.4 Å². The molecule has 0 saturated carbocycles. The highest BCUT2D eigenvalue weighted by Crippen LogP contribution is 2.38. The second-order valence-corrected chi connectivity index (χ2v) is 9.51. The average molecular weight is 621 g/mol. The van der Waals surface area contributed by atoms with E-state index in [1.165, 1.54) is 24.3 Å². The van der Waals surface area contributed by atoms with E-state index in [4.69, 9.17) is 21.1 Å². The van der Waals surface area contributed by atoms with E-state index in [0.29, 0.717) is 15.6 Å². The summed E-state index contributed by atoms with van der Waals surface area (Å²) in [6.45, 7) is 1.99. The highest BCUT2D eigenvalue weighted by molar-refractivity contribution is 9.10. The largest absolute Gasteiger partial charge is 0.490 e. The number of carbonyl (C=O) groups is 2. The first-order valence-electron chi connectivity index (χ1n) is 11.7. The number of esters is 1. The Labute approximate surface area is 241 Å². The Morgan fingerprint density at radius 3 is 2.60 bits per heavy atom. The Bertz CT molecular complexity index is 1730. The van der Waals surface area contributed by atoms with E-state index in [2.05, 4.69) is 21.2 Å². The number of rotatable bonds is 8. The first-order chi connectivity index (χ1) is 19.2. The molecule has 11 heteroatoms. The van der Waals surface area contributed by atoms with Crippen molar-refractivity contribution < 1.29 is 24.0 Å². The van der Waals surface area contributed by atoms with Crippen LogP contribution in [0.25, 0.3) is 16.8 Å². The Morgan fingerprint density at radius 1 is 1.12 bits per heavy atom. The Balaban J connectivity index is 1.65. The summed E-state index contributed by atoms with van der Waals surface area (Å²) in [6.07, 6.45) is 1.28. The number of anilines is 1. The molecule has 0 aromatic heterocycles. The number of ether oxygens (including phenoxy) is 2. The fraction of sp³-hybridized carbons (Fsp3) is 0.0690. The van der Waals surface area contributed by atoms with Crippen molar-refractivity contribution in [2.45, 2.75) is 6.92 Å². The van der Waals surface area contributed by atoms with Crippen LogP contribution in [0.1, 0.15) is 22.8 Å². The lowest BCUT2D eigenvalue weighted by atomic mass is 10.0. The van der Waals surface area contributed by atoms with Gasteiger partial charge in [0.05, 0.1) is 21.6 Å². The van der Waals surface area contributed by atoms with E-state index in [-0.39, 0.29) is 34.4 Å². The van der Waals surface area contributed by atoms with Crippen molar-refractivity contribution in [3.05, 3.63) is 109 Å². The van der Waals surface area contributed by atoms with Crippen molar-refractivity contribution in [1.29, 1.82) is 5.26 Å². The molecule has 4 aromatic carbocycles. The van der Waals surface area contributed by atoms with E-state index < -0.39 is 22.5 Å². The van der Waals surface area contributed by atoms with Gasteiger partial charge in [-0.1, -0.05) is 48.0 Å². The van der Waals surface area contributed by atoms with Crippen LogP contribution < -0.4 is 14.8 Å². The second kappa shape index (κ2) is 12.4. The van der Waals surface area contributed by atoms with Crippen LogP contribution in [0.15, 0.2) is 82.8 Å². The molecule has 40 heavy (non-hydrogen) atoms. The molecule has 4 rings (SSSR count). The third kappa shape index (κ3) is 6.29. The zero-order chi connectivity index (χ0) is 28.8. The summed E-state index contributed by atoms with van der Waals surface area (Å²) in [7, 11) is 0. The van der Waals surface area contributed by atoms with E-state index in [0.717, 1.165) is 16.8 Å². The molecule has 0 fully saturated rings. The summed E-state index contributed by atoms with van der Waals surface area (Å²) in [5.41, 5.74) is -0.128. The maximum Gasteiger partial charge on any atom is 0.344 e. The van der Waals surface area contributed by atoms with Gasteiger partial charge in [-0.25, -0.2) is 4.79 Å². The van der Waals surface area contributed by atoms with Gasteiger partial charge >= 0.3 is 5.97 Å².